The number of aryl methyl sites for hydroxylation is 1. The number of carbonyl (C=O) groups is 2. The van der Waals surface area contributed by atoms with Gasteiger partial charge < -0.3 is 14.8 Å². The SMILES string of the molecule is Cc1ccc(-n2nnnc2SCC(=O)N2Cc3ccccc3C[C@@H]2C(=O)[O-])cc1. The van der Waals surface area contributed by atoms with Gasteiger partial charge in [0.05, 0.1) is 23.5 Å². The summed E-state index contributed by atoms with van der Waals surface area (Å²) in [6.07, 6.45) is 0.246. The maximum atomic E-state index is 12.8. The van der Waals surface area contributed by atoms with Crippen LogP contribution in [0.3, 0.4) is 0 Å². The van der Waals surface area contributed by atoms with Crippen LogP contribution in [0.25, 0.3) is 5.69 Å². The molecule has 1 aromatic heterocycles. The number of aromatic nitrogens is 4. The lowest BCUT2D eigenvalue weighted by Crippen LogP contribution is -2.54. The Hall–Kier alpha value is -3.20. The molecule has 8 nitrogen and oxygen atoms in total. The number of hydrogen-bond donors (Lipinski definition) is 0. The standard InChI is InChI=1S/C20H19N5O3S/c1-13-6-8-16(9-7-13)25-20(21-22-23-25)29-12-18(26)24-11-15-5-3-2-4-14(15)10-17(24)19(27)28/h2-9,17H,10-12H2,1H3,(H,27,28)/p-1/t17-/m1/s1. The lowest BCUT2D eigenvalue weighted by molar-refractivity contribution is -0.311. The van der Waals surface area contributed by atoms with Crippen molar-refractivity contribution in [3.8, 4) is 5.69 Å². The summed E-state index contributed by atoms with van der Waals surface area (Å²) in [5, 5.41) is 23.8. The monoisotopic (exact) mass is 408 g/mol. The van der Waals surface area contributed by atoms with Crippen molar-refractivity contribution in [3.05, 3.63) is 65.2 Å². The number of aliphatic carboxylic acids is 1. The average molecular weight is 408 g/mol. The van der Waals surface area contributed by atoms with Gasteiger partial charge in [0.1, 0.15) is 0 Å². The number of benzene rings is 2. The first kappa shape index (κ1) is 19.1. The quantitative estimate of drug-likeness (QED) is 0.574. The molecule has 0 saturated carbocycles. The minimum atomic E-state index is -1.25. The molecule has 0 bridgehead atoms. The molecule has 1 atom stereocenters. The molecule has 0 aliphatic carbocycles. The molecule has 1 amide bonds. The van der Waals surface area contributed by atoms with Crippen LogP contribution in [-0.4, -0.2) is 48.8 Å². The summed E-state index contributed by atoms with van der Waals surface area (Å²) in [7, 11) is 0. The zero-order valence-electron chi connectivity index (χ0n) is 15.7. The van der Waals surface area contributed by atoms with Crippen LogP contribution < -0.4 is 5.11 Å². The Kier molecular flexibility index (Phi) is 5.30. The van der Waals surface area contributed by atoms with E-state index in [1.165, 1.54) is 16.7 Å². The molecule has 0 fully saturated rings. The first-order chi connectivity index (χ1) is 14.0. The Morgan fingerprint density at radius 3 is 2.59 bits per heavy atom. The van der Waals surface area contributed by atoms with E-state index in [2.05, 4.69) is 15.5 Å². The van der Waals surface area contributed by atoms with Gasteiger partial charge in [0.15, 0.2) is 0 Å². The molecule has 0 unspecified atom stereocenters. The van der Waals surface area contributed by atoms with E-state index in [4.69, 9.17) is 0 Å². The normalized spacial score (nSPS) is 15.8. The van der Waals surface area contributed by atoms with E-state index in [1.54, 1.807) is 4.68 Å². The molecule has 9 heteroatoms. The summed E-state index contributed by atoms with van der Waals surface area (Å²) in [5.74, 6) is -1.52. The summed E-state index contributed by atoms with van der Waals surface area (Å²) in [4.78, 5) is 25.8. The second-order valence-corrected chi connectivity index (χ2v) is 7.77. The van der Waals surface area contributed by atoms with Crippen LogP contribution in [0.1, 0.15) is 16.7 Å². The molecule has 29 heavy (non-hydrogen) atoms. The van der Waals surface area contributed by atoms with Crippen molar-refractivity contribution in [2.24, 2.45) is 0 Å². The van der Waals surface area contributed by atoms with E-state index in [0.29, 0.717) is 5.16 Å². The molecule has 0 saturated heterocycles. The largest absolute Gasteiger partial charge is 0.548 e. The van der Waals surface area contributed by atoms with Crippen LogP contribution in [0.15, 0.2) is 53.7 Å². The van der Waals surface area contributed by atoms with E-state index in [9.17, 15) is 14.7 Å². The van der Waals surface area contributed by atoms with Gasteiger partial charge in [0.2, 0.25) is 11.1 Å². The van der Waals surface area contributed by atoms with E-state index in [-0.39, 0.29) is 24.6 Å². The van der Waals surface area contributed by atoms with Crippen molar-refractivity contribution < 1.29 is 14.7 Å². The number of carboxylic acids is 1. The minimum Gasteiger partial charge on any atom is -0.548 e. The van der Waals surface area contributed by atoms with Crippen LogP contribution in [0.2, 0.25) is 0 Å². The van der Waals surface area contributed by atoms with Gasteiger partial charge in [-0.1, -0.05) is 53.7 Å². The average Bonchev–Trinajstić information content (AvgIpc) is 3.20. The molecule has 1 aliphatic rings. The summed E-state index contributed by atoms with van der Waals surface area (Å²) >= 11 is 1.17. The molecule has 0 N–H and O–H groups in total. The lowest BCUT2D eigenvalue weighted by Gasteiger charge is -2.37. The first-order valence-corrected chi connectivity index (χ1v) is 10.1. The van der Waals surface area contributed by atoms with Gasteiger partial charge in [-0.3, -0.25) is 4.79 Å². The first-order valence-electron chi connectivity index (χ1n) is 9.08. The Morgan fingerprint density at radius 2 is 1.86 bits per heavy atom. The molecule has 148 valence electrons. The fourth-order valence-electron chi connectivity index (χ4n) is 3.32. The number of carbonyl (C=O) groups excluding carboxylic acids is 2. The zero-order chi connectivity index (χ0) is 20.4. The Labute approximate surface area is 171 Å². The predicted molar refractivity (Wildman–Crippen MR) is 104 cm³/mol. The van der Waals surface area contributed by atoms with E-state index >= 15 is 0 Å². The van der Waals surface area contributed by atoms with Gasteiger partial charge >= 0.3 is 0 Å². The summed E-state index contributed by atoms with van der Waals surface area (Å²) in [6.45, 7) is 2.24. The second-order valence-electron chi connectivity index (χ2n) is 6.83. The van der Waals surface area contributed by atoms with Gasteiger partial charge in [-0.15, -0.1) is 5.10 Å². The highest BCUT2D eigenvalue weighted by atomic mass is 32.2. The van der Waals surface area contributed by atoms with E-state index in [1.807, 2.05) is 55.5 Å². The van der Waals surface area contributed by atoms with E-state index < -0.39 is 12.0 Å². The third kappa shape index (κ3) is 4.00. The number of fused-ring (bicyclic) bond motifs is 1. The smallest absolute Gasteiger partial charge is 0.233 e. The molecule has 2 aromatic carbocycles. The molecule has 0 radical (unpaired) electrons. The summed E-state index contributed by atoms with van der Waals surface area (Å²) in [5.41, 5.74) is 3.79. The second kappa shape index (κ2) is 8.04. The highest BCUT2D eigenvalue weighted by Gasteiger charge is 2.30. The number of hydrogen-bond acceptors (Lipinski definition) is 7. The molecule has 3 aromatic rings. The van der Waals surface area contributed by atoms with E-state index in [0.717, 1.165) is 22.4 Å². The van der Waals surface area contributed by atoms with Crippen LogP contribution in [0.4, 0.5) is 0 Å². The maximum Gasteiger partial charge on any atom is 0.233 e. The number of amides is 1. The summed E-state index contributed by atoms with van der Waals surface area (Å²) < 4.78 is 1.55. The minimum absolute atomic E-state index is 0.0260. The third-order valence-corrected chi connectivity index (χ3v) is 5.79. The molecule has 1 aliphatic heterocycles. The van der Waals surface area contributed by atoms with Crippen molar-refractivity contribution in [1.29, 1.82) is 0 Å². The number of tetrazole rings is 1. The fourth-order valence-corrected chi connectivity index (χ4v) is 4.10. The van der Waals surface area contributed by atoms with Crippen molar-refractivity contribution in [2.45, 2.75) is 31.1 Å². The molecular weight excluding hydrogens is 390 g/mol. The van der Waals surface area contributed by atoms with Crippen molar-refractivity contribution in [1.82, 2.24) is 25.1 Å². The molecule has 0 spiro atoms. The van der Waals surface area contributed by atoms with Crippen molar-refractivity contribution >= 4 is 23.6 Å². The highest BCUT2D eigenvalue weighted by Crippen LogP contribution is 2.25. The number of carboxylic acid groups (broad SMARTS) is 1. The van der Waals surface area contributed by atoms with Crippen LogP contribution in [0.5, 0.6) is 0 Å². The Bertz CT molecular complexity index is 1050. The fraction of sp³-hybridized carbons (Fsp3) is 0.250. The van der Waals surface area contributed by atoms with Crippen molar-refractivity contribution in [2.75, 3.05) is 5.75 Å². The van der Waals surface area contributed by atoms with Gasteiger partial charge in [-0.25, -0.2) is 0 Å². The molecule has 2 heterocycles. The van der Waals surface area contributed by atoms with Gasteiger partial charge in [0, 0.05) is 6.54 Å². The predicted octanol–water partition coefficient (Wildman–Crippen LogP) is 0.766. The number of nitrogens with zero attached hydrogens (tertiary/aromatic N) is 5. The number of thioether (sulfide) groups is 1. The van der Waals surface area contributed by atoms with Gasteiger partial charge in [0.25, 0.3) is 0 Å². The van der Waals surface area contributed by atoms with Crippen LogP contribution in [-0.2, 0) is 22.6 Å². The Balaban J connectivity index is 1.49. The van der Waals surface area contributed by atoms with Crippen molar-refractivity contribution in [3.63, 3.8) is 0 Å². The highest BCUT2D eigenvalue weighted by molar-refractivity contribution is 7.99. The molecule has 4 rings (SSSR count). The molecular formula is C20H18N5O3S-. The number of rotatable bonds is 5. The Morgan fingerprint density at radius 1 is 1.14 bits per heavy atom. The lowest BCUT2D eigenvalue weighted by atomic mass is 9.94. The summed E-state index contributed by atoms with van der Waals surface area (Å²) in [6, 6.07) is 14.2. The van der Waals surface area contributed by atoms with Gasteiger partial charge in [-0.2, -0.15) is 4.68 Å². The van der Waals surface area contributed by atoms with Crippen LogP contribution in [0, 0.1) is 6.92 Å². The third-order valence-electron chi connectivity index (χ3n) is 4.89. The topological polar surface area (TPSA) is 104 Å². The van der Waals surface area contributed by atoms with Crippen LogP contribution >= 0.6 is 11.8 Å². The zero-order valence-corrected chi connectivity index (χ0v) is 16.5. The maximum absolute atomic E-state index is 12.8. The van der Waals surface area contributed by atoms with Gasteiger partial charge in [-0.05, 0) is 47.0 Å².